The largest absolute Gasteiger partial charge is 0.484 e. The molecule has 1 amide bonds. The van der Waals surface area contributed by atoms with E-state index in [1.54, 1.807) is 12.1 Å². The summed E-state index contributed by atoms with van der Waals surface area (Å²) in [6.45, 7) is 0.578. The highest BCUT2D eigenvalue weighted by molar-refractivity contribution is 5.78. The van der Waals surface area contributed by atoms with Crippen LogP contribution in [0.4, 0.5) is 5.69 Å². The molecular weight excluding hydrogens is 322 g/mol. The fourth-order valence-corrected chi connectivity index (χ4v) is 3.27. The Bertz CT molecular complexity index is 771. The zero-order chi connectivity index (χ0) is 17.8. The van der Waals surface area contributed by atoms with Crippen LogP contribution >= 0.6 is 0 Å². The first-order valence-electron chi connectivity index (χ1n) is 8.34. The highest BCUT2D eigenvalue weighted by Crippen LogP contribution is 2.31. The summed E-state index contributed by atoms with van der Waals surface area (Å²) in [4.78, 5) is 24.9. The van der Waals surface area contributed by atoms with Crippen LogP contribution in [0.1, 0.15) is 31.0 Å². The maximum atomic E-state index is 12.7. The first-order valence-corrected chi connectivity index (χ1v) is 8.34. The zero-order valence-electron chi connectivity index (χ0n) is 14.1. The summed E-state index contributed by atoms with van der Waals surface area (Å²) < 4.78 is 7.54. The second kappa shape index (κ2) is 7.38. The number of non-ortho nitro benzene ring substituents is 1. The molecule has 1 aromatic carbocycles. The van der Waals surface area contributed by atoms with E-state index in [0.717, 1.165) is 25.0 Å². The number of amides is 1. The summed E-state index contributed by atoms with van der Waals surface area (Å²) in [5, 5.41) is 10.8. The number of hydrogen-bond donors (Lipinski definition) is 0. The van der Waals surface area contributed by atoms with E-state index in [1.165, 1.54) is 12.1 Å². The van der Waals surface area contributed by atoms with Crippen molar-refractivity contribution in [2.24, 2.45) is 7.05 Å². The molecule has 2 heterocycles. The van der Waals surface area contributed by atoms with E-state index in [2.05, 4.69) is 0 Å². The van der Waals surface area contributed by atoms with Gasteiger partial charge in [0.1, 0.15) is 5.75 Å². The van der Waals surface area contributed by atoms with Gasteiger partial charge in [-0.2, -0.15) is 0 Å². The molecule has 0 N–H and O–H groups in total. The first-order chi connectivity index (χ1) is 12.1. The van der Waals surface area contributed by atoms with Gasteiger partial charge in [-0.1, -0.05) is 6.07 Å². The average Bonchev–Trinajstić information content (AvgIpc) is 3.05. The molecule has 0 saturated carbocycles. The van der Waals surface area contributed by atoms with Crippen molar-refractivity contribution < 1.29 is 14.5 Å². The molecule has 2 aromatic rings. The van der Waals surface area contributed by atoms with Gasteiger partial charge in [0.25, 0.3) is 11.6 Å². The number of benzene rings is 1. The number of aromatic nitrogens is 1. The summed E-state index contributed by atoms with van der Waals surface area (Å²) in [5.41, 5.74) is 1.06. The Balaban J connectivity index is 1.68. The van der Waals surface area contributed by atoms with Gasteiger partial charge < -0.3 is 14.2 Å². The van der Waals surface area contributed by atoms with Crippen LogP contribution in [-0.2, 0) is 11.8 Å². The lowest BCUT2D eigenvalue weighted by Gasteiger charge is -2.36. The Morgan fingerprint density at radius 3 is 2.88 bits per heavy atom. The molecule has 1 saturated heterocycles. The molecule has 3 rings (SSSR count). The van der Waals surface area contributed by atoms with Crippen LogP contribution < -0.4 is 4.74 Å². The number of piperidine rings is 1. The number of nitro groups is 1. The monoisotopic (exact) mass is 343 g/mol. The summed E-state index contributed by atoms with van der Waals surface area (Å²) in [6, 6.07) is 9.96. The summed E-state index contributed by atoms with van der Waals surface area (Å²) in [6.07, 6.45) is 4.97. The number of nitro benzene ring substituents is 1. The average molecular weight is 343 g/mol. The summed E-state index contributed by atoms with van der Waals surface area (Å²) in [5.74, 6) is 0.229. The van der Waals surface area contributed by atoms with E-state index in [1.807, 2.05) is 34.8 Å². The lowest BCUT2D eigenvalue weighted by Crippen LogP contribution is -2.41. The normalized spacial score (nSPS) is 17.3. The van der Waals surface area contributed by atoms with Gasteiger partial charge in [-0.25, -0.2) is 0 Å². The van der Waals surface area contributed by atoms with Gasteiger partial charge in [0.05, 0.1) is 17.0 Å². The van der Waals surface area contributed by atoms with Gasteiger partial charge in [-0.15, -0.1) is 0 Å². The molecule has 1 atom stereocenters. The molecule has 0 aliphatic carbocycles. The maximum Gasteiger partial charge on any atom is 0.273 e. The number of aryl methyl sites for hydroxylation is 1. The van der Waals surface area contributed by atoms with Crippen molar-refractivity contribution in [1.82, 2.24) is 9.47 Å². The van der Waals surface area contributed by atoms with Crippen molar-refractivity contribution in [2.75, 3.05) is 13.2 Å². The maximum absolute atomic E-state index is 12.7. The molecule has 1 aliphatic rings. The molecule has 0 bridgehead atoms. The van der Waals surface area contributed by atoms with E-state index >= 15 is 0 Å². The molecule has 0 spiro atoms. The van der Waals surface area contributed by atoms with Gasteiger partial charge in [0.15, 0.2) is 6.61 Å². The van der Waals surface area contributed by atoms with Crippen LogP contribution in [-0.4, -0.2) is 33.4 Å². The number of carbonyl (C=O) groups excluding carboxylic acids is 1. The SMILES string of the molecule is Cn1cccc1C1CCCCN1C(=O)COc1cccc([N+](=O)[O-])c1. The van der Waals surface area contributed by atoms with Crippen LogP contribution in [0.5, 0.6) is 5.75 Å². The third-order valence-corrected chi connectivity index (χ3v) is 4.54. The van der Waals surface area contributed by atoms with Gasteiger partial charge in [0.2, 0.25) is 0 Å². The minimum atomic E-state index is -0.481. The number of rotatable bonds is 5. The molecule has 1 unspecified atom stereocenters. The predicted octanol–water partition coefficient (Wildman–Crippen LogP) is 3.07. The number of carbonyl (C=O) groups is 1. The number of nitrogens with zero attached hydrogens (tertiary/aromatic N) is 3. The van der Waals surface area contributed by atoms with Gasteiger partial charge in [-0.05, 0) is 37.5 Å². The topological polar surface area (TPSA) is 77.6 Å². The fourth-order valence-electron chi connectivity index (χ4n) is 3.27. The Kier molecular flexibility index (Phi) is 5.02. The molecule has 0 radical (unpaired) electrons. The lowest BCUT2D eigenvalue weighted by atomic mass is 9.99. The molecule has 1 fully saturated rings. The smallest absolute Gasteiger partial charge is 0.273 e. The molecule has 7 nitrogen and oxygen atoms in total. The van der Waals surface area contributed by atoms with E-state index in [9.17, 15) is 14.9 Å². The molecule has 7 heteroatoms. The highest BCUT2D eigenvalue weighted by atomic mass is 16.6. The molecule has 132 valence electrons. The Hall–Kier alpha value is -2.83. The quantitative estimate of drug-likeness (QED) is 0.617. The van der Waals surface area contributed by atoms with Crippen molar-refractivity contribution >= 4 is 11.6 Å². The van der Waals surface area contributed by atoms with Gasteiger partial charge >= 0.3 is 0 Å². The van der Waals surface area contributed by atoms with E-state index in [4.69, 9.17) is 4.74 Å². The van der Waals surface area contributed by atoms with Crippen molar-refractivity contribution in [1.29, 1.82) is 0 Å². The van der Waals surface area contributed by atoms with Crippen LogP contribution in [0.3, 0.4) is 0 Å². The number of likely N-dealkylation sites (tertiary alicyclic amines) is 1. The van der Waals surface area contributed by atoms with E-state index in [0.29, 0.717) is 12.3 Å². The molecule has 1 aliphatic heterocycles. The third kappa shape index (κ3) is 3.81. The van der Waals surface area contributed by atoms with Crippen molar-refractivity contribution in [3.63, 3.8) is 0 Å². The van der Waals surface area contributed by atoms with Crippen LogP contribution in [0.15, 0.2) is 42.6 Å². The Morgan fingerprint density at radius 2 is 2.16 bits per heavy atom. The second-order valence-corrected chi connectivity index (χ2v) is 6.19. The van der Waals surface area contributed by atoms with Crippen LogP contribution in [0.25, 0.3) is 0 Å². The molecular formula is C18H21N3O4. The lowest BCUT2D eigenvalue weighted by molar-refractivity contribution is -0.384. The second-order valence-electron chi connectivity index (χ2n) is 6.19. The van der Waals surface area contributed by atoms with Crippen molar-refractivity contribution in [3.8, 4) is 5.75 Å². The standard InChI is InChI=1S/C18H21N3O4/c1-19-10-5-9-16(19)17-8-2-3-11-20(17)18(22)13-25-15-7-4-6-14(12-15)21(23)24/h4-7,9-10,12,17H,2-3,8,11,13H2,1H3. The Labute approximate surface area is 146 Å². The fraction of sp³-hybridized carbons (Fsp3) is 0.389. The van der Waals surface area contributed by atoms with Crippen molar-refractivity contribution in [2.45, 2.75) is 25.3 Å². The Morgan fingerprint density at radius 1 is 1.32 bits per heavy atom. The third-order valence-electron chi connectivity index (χ3n) is 4.54. The zero-order valence-corrected chi connectivity index (χ0v) is 14.1. The minimum absolute atomic E-state index is 0.0509. The predicted molar refractivity (Wildman–Crippen MR) is 92.3 cm³/mol. The van der Waals surface area contributed by atoms with Crippen molar-refractivity contribution in [3.05, 3.63) is 58.4 Å². The number of hydrogen-bond acceptors (Lipinski definition) is 4. The minimum Gasteiger partial charge on any atom is -0.484 e. The van der Waals surface area contributed by atoms with E-state index in [-0.39, 0.29) is 24.2 Å². The summed E-state index contributed by atoms with van der Waals surface area (Å²) in [7, 11) is 1.98. The van der Waals surface area contributed by atoms with Gasteiger partial charge in [0, 0.05) is 31.5 Å². The highest BCUT2D eigenvalue weighted by Gasteiger charge is 2.29. The van der Waals surface area contributed by atoms with Crippen LogP contribution in [0, 0.1) is 10.1 Å². The molecule has 25 heavy (non-hydrogen) atoms. The van der Waals surface area contributed by atoms with E-state index < -0.39 is 4.92 Å². The first kappa shape index (κ1) is 17.0. The van der Waals surface area contributed by atoms with Gasteiger partial charge in [-0.3, -0.25) is 14.9 Å². The number of ether oxygens (including phenoxy) is 1. The summed E-state index contributed by atoms with van der Waals surface area (Å²) >= 11 is 0. The molecule has 1 aromatic heterocycles. The van der Waals surface area contributed by atoms with Crippen LogP contribution in [0.2, 0.25) is 0 Å².